The molecular weight excluding hydrogens is 266 g/mol. The van der Waals surface area contributed by atoms with Crippen molar-refractivity contribution in [3.63, 3.8) is 0 Å². The molecule has 1 atom stereocenters. The predicted octanol–water partition coefficient (Wildman–Crippen LogP) is 2.83. The lowest BCUT2D eigenvalue weighted by atomic mass is 10.0. The Kier molecular flexibility index (Phi) is 4.04. The predicted molar refractivity (Wildman–Crippen MR) is 69.6 cm³/mol. The van der Waals surface area contributed by atoms with Crippen molar-refractivity contribution < 1.29 is 18.6 Å². The van der Waals surface area contributed by atoms with E-state index in [9.17, 15) is 13.9 Å². The zero-order valence-electron chi connectivity index (χ0n) is 11.5. The molecule has 0 aliphatic heterocycles. The third-order valence-corrected chi connectivity index (χ3v) is 3.02. The summed E-state index contributed by atoms with van der Waals surface area (Å²) in [4.78, 5) is 0. The van der Waals surface area contributed by atoms with E-state index in [0.29, 0.717) is 11.4 Å². The Morgan fingerprint density at radius 3 is 2.60 bits per heavy atom. The van der Waals surface area contributed by atoms with Gasteiger partial charge in [-0.2, -0.15) is 5.10 Å². The van der Waals surface area contributed by atoms with Gasteiger partial charge in [0, 0.05) is 11.6 Å². The van der Waals surface area contributed by atoms with E-state index in [-0.39, 0.29) is 11.6 Å². The van der Waals surface area contributed by atoms with Crippen LogP contribution in [-0.4, -0.2) is 22.0 Å². The summed E-state index contributed by atoms with van der Waals surface area (Å²) in [6, 6.07) is 2.90. The smallest absolute Gasteiger partial charge is 0.163 e. The highest BCUT2D eigenvalue weighted by Crippen LogP contribution is 2.33. The number of ether oxygens (including phenoxy) is 1. The van der Waals surface area contributed by atoms with E-state index in [2.05, 4.69) is 5.10 Å². The minimum absolute atomic E-state index is 0.0554. The number of methoxy groups -OCH3 is 1. The van der Waals surface area contributed by atoms with E-state index < -0.39 is 17.7 Å². The number of benzene rings is 1. The number of hydrogen-bond acceptors (Lipinski definition) is 3. The van der Waals surface area contributed by atoms with Gasteiger partial charge in [-0.1, -0.05) is 0 Å². The summed E-state index contributed by atoms with van der Waals surface area (Å²) in [6.07, 6.45) is 0.0843. The van der Waals surface area contributed by atoms with Crippen LogP contribution in [0, 0.1) is 11.6 Å². The van der Waals surface area contributed by atoms with Crippen LogP contribution in [0.5, 0.6) is 5.75 Å². The molecule has 2 aromatic rings. The lowest BCUT2D eigenvalue weighted by molar-refractivity contribution is 0.194. The van der Waals surface area contributed by atoms with Crippen molar-refractivity contribution in [1.29, 1.82) is 0 Å². The maximum Gasteiger partial charge on any atom is 0.163 e. The van der Waals surface area contributed by atoms with Gasteiger partial charge in [0.2, 0.25) is 0 Å². The van der Waals surface area contributed by atoms with Crippen LogP contribution < -0.4 is 4.74 Å². The van der Waals surface area contributed by atoms with Crippen LogP contribution in [0.3, 0.4) is 0 Å². The number of aliphatic hydroxyl groups is 1. The van der Waals surface area contributed by atoms with Gasteiger partial charge in [0.1, 0.15) is 23.4 Å². The highest BCUT2D eigenvalue weighted by atomic mass is 19.1. The van der Waals surface area contributed by atoms with E-state index in [0.717, 1.165) is 18.2 Å². The first kappa shape index (κ1) is 14.5. The fraction of sp³-hybridized carbons (Fsp3) is 0.357. The van der Waals surface area contributed by atoms with E-state index >= 15 is 0 Å². The Labute approximate surface area is 115 Å². The third-order valence-electron chi connectivity index (χ3n) is 3.02. The summed E-state index contributed by atoms with van der Waals surface area (Å²) in [5.41, 5.74) is 0.151. The second-order valence-corrected chi connectivity index (χ2v) is 4.70. The third kappa shape index (κ3) is 2.51. The van der Waals surface area contributed by atoms with Gasteiger partial charge in [-0.15, -0.1) is 0 Å². The largest absolute Gasteiger partial charge is 0.493 e. The monoisotopic (exact) mass is 282 g/mol. The molecule has 1 heterocycles. The standard InChI is InChI=1S/C14H16F2N2O2/c1-8(2)18-13(12(20-3)7-17-18)14(19)10-6-9(15)4-5-11(10)16/h4-8,14,19H,1-3H3. The molecule has 2 rings (SSSR count). The van der Waals surface area contributed by atoms with E-state index in [4.69, 9.17) is 4.74 Å². The molecule has 1 aromatic carbocycles. The molecule has 0 spiro atoms. The average Bonchev–Trinajstić information content (AvgIpc) is 2.84. The van der Waals surface area contributed by atoms with Gasteiger partial charge in [0.05, 0.1) is 13.3 Å². The molecule has 108 valence electrons. The van der Waals surface area contributed by atoms with Crippen molar-refractivity contribution in [2.24, 2.45) is 0 Å². The van der Waals surface area contributed by atoms with Crippen molar-refractivity contribution >= 4 is 0 Å². The Morgan fingerprint density at radius 1 is 1.30 bits per heavy atom. The highest BCUT2D eigenvalue weighted by Gasteiger charge is 2.25. The molecule has 0 aliphatic rings. The van der Waals surface area contributed by atoms with Gasteiger partial charge in [-0.3, -0.25) is 4.68 Å². The van der Waals surface area contributed by atoms with Gasteiger partial charge in [-0.05, 0) is 32.0 Å². The van der Waals surface area contributed by atoms with Crippen LogP contribution >= 0.6 is 0 Å². The van der Waals surface area contributed by atoms with Crippen LogP contribution in [0.25, 0.3) is 0 Å². The van der Waals surface area contributed by atoms with E-state index in [1.165, 1.54) is 18.0 Å². The fourth-order valence-electron chi connectivity index (χ4n) is 2.06. The number of hydrogen-bond donors (Lipinski definition) is 1. The summed E-state index contributed by atoms with van der Waals surface area (Å²) in [6.45, 7) is 3.73. The number of halogens is 2. The molecule has 0 radical (unpaired) electrons. The van der Waals surface area contributed by atoms with Crippen molar-refractivity contribution in [3.05, 3.63) is 47.3 Å². The minimum atomic E-state index is -1.36. The van der Waals surface area contributed by atoms with Gasteiger partial charge in [0.15, 0.2) is 5.75 Å². The number of nitrogens with zero attached hydrogens (tertiary/aromatic N) is 2. The van der Waals surface area contributed by atoms with Crippen molar-refractivity contribution in [2.45, 2.75) is 26.0 Å². The zero-order valence-corrected chi connectivity index (χ0v) is 11.5. The highest BCUT2D eigenvalue weighted by molar-refractivity contribution is 5.35. The van der Waals surface area contributed by atoms with Gasteiger partial charge >= 0.3 is 0 Å². The normalized spacial score (nSPS) is 12.8. The molecular formula is C14H16F2N2O2. The Balaban J connectivity index is 2.55. The number of rotatable bonds is 4. The summed E-state index contributed by atoms with van der Waals surface area (Å²) in [5, 5.41) is 14.5. The minimum Gasteiger partial charge on any atom is -0.493 e. The molecule has 0 fully saturated rings. The summed E-state index contributed by atoms with van der Waals surface area (Å²) in [7, 11) is 1.43. The molecule has 1 aromatic heterocycles. The topological polar surface area (TPSA) is 47.3 Å². The van der Waals surface area contributed by atoms with Crippen LogP contribution in [-0.2, 0) is 0 Å². The van der Waals surface area contributed by atoms with Crippen LogP contribution in [0.15, 0.2) is 24.4 Å². The molecule has 6 heteroatoms. The molecule has 0 aliphatic carbocycles. The lowest BCUT2D eigenvalue weighted by Crippen LogP contribution is -2.14. The van der Waals surface area contributed by atoms with Crippen LogP contribution in [0.4, 0.5) is 8.78 Å². The number of aromatic nitrogens is 2. The zero-order chi connectivity index (χ0) is 14.9. The maximum atomic E-state index is 13.8. The Bertz CT molecular complexity index is 611. The van der Waals surface area contributed by atoms with Crippen molar-refractivity contribution in [1.82, 2.24) is 9.78 Å². The molecule has 20 heavy (non-hydrogen) atoms. The lowest BCUT2D eigenvalue weighted by Gasteiger charge is -2.18. The first-order valence-corrected chi connectivity index (χ1v) is 6.20. The van der Waals surface area contributed by atoms with E-state index in [1.807, 2.05) is 13.8 Å². The molecule has 1 N–H and O–H groups in total. The summed E-state index contributed by atoms with van der Waals surface area (Å²) in [5.74, 6) is -0.970. The molecule has 1 unspecified atom stereocenters. The average molecular weight is 282 g/mol. The second-order valence-electron chi connectivity index (χ2n) is 4.70. The van der Waals surface area contributed by atoms with Crippen LogP contribution in [0.2, 0.25) is 0 Å². The fourth-order valence-corrected chi connectivity index (χ4v) is 2.06. The quantitative estimate of drug-likeness (QED) is 0.938. The van der Waals surface area contributed by atoms with Gasteiger partial charge < -0.3 is 9.84 Å². The molecule has 0 amide bonds. The second kappa shape index (κ2) is 5.58. The van der Waals surface area contributed by atoms with Gasteiger partial charge in [0.25, 0.3) is 0 Å². The van der Waals surface area contributed by atoms with Crippen molar-refractivity contribution in [2.75, 3.05) is 7.11 Å². The van der Waals surface area contributed by atoms with Crippen molar-refractivity contribution in [3.8, 4) is 5.75 Å². The first-order valence-electron chi connectivity index (χ1n) is 6.20. The molecule has 0 bridgehead atoms. The summed E-state index contributed by atoms with van der Waals surface area (Å²) >= 11 is 0. The SMILES string of the molecule is COc1cnn(C(C)C)c1C(O)c1cc(F)ccc1F. The van der Waals surface area contributed by atoms with Gasteiger partial charge in [-0.25, -0.2) is 8.78 Å². The molecule has 0 saturated carbocycles. The molecule has 4 nitrogen and oxygen atoms in total. The van der Waals surface area contributed by atoms with E-state index in [1.54, 1.807) is 0 Å². The summed E-state index contributed by atoms with van der Waals surface area (Å²) < 4.78 is 33.7. The Hall–Kier alpha value is -1.95. The first-order chi connectivity index (χ1) is 9.45. The maximum absolute atomic E-state index is 13.8. The molecule has 0 saturated heterocycles. The number of aliphatic hydroxyl groups excluding tert-OH is 1. The van der Waals surface area contributed by atoms with Crippen LogP contribution in [0.1, 0.15) is 37.3 Å². The Morgan fingerprint density at radius 2 is 2.00 bits per heavy atom.